The molecule has 0 heterocycles. The smallest absolute Gasteiger partial charge is 0.0237 e. The molecule has 1 aromatic rings. The Morgan fingerprint density at radius 1 is 1.18 bits per heavy atom. The number of alkyl halides is 1. The minimum Gasteiger partial charge on any atom is -0.295 e. The molecule has 0 aliphatic carbocycles. The summed E-state index contributed by atoms with van der Waals surface area (Å²) in [5.41, 5.74) is 1.42. The monoisotopic (exact) mass is 409 g/mol. The normalized spacial score (nSPS) is 11.4. The molecular formula is C14H21BrIN. The average Bonchev–Trinajstić information content (AvgIpc) is 2.34. The van der Waals surface area contributed by atoms with E-state index in [9.17, 15) is 0 Å². The van der Waals surface area contributed by atoms with E-state index in [1.54, 1.807) is 0 Å². The molecule has 1 aromatic carbocycles. The van der Waals surface area contributed by atoms with Crippen LogP contribution in [-0.4, -0.2) is 22.8 Å². The van der Waals surface area contributed by atoms with Gasteiger partial charge in [0, 0.05) is 28.0 Å². The maximum atomic E-state index is 3.56. The number of hydrogen-bond donors (Lipinski definition) is 0. The highest BCUT2D eigenvalue weighted by molar-refractivity contribution is 14.1. The van der Waals surface area contributed by atoms with Crippen LogP contribution in [-0.2, 0) is 6.54 Å². The van der Waals surface area contributed by atoms with E-state index in [1.165, 1.54) is 22.0 Å². The first-order valence-corrected chi connectivity index (χ1v) is 8.45. The van der Waals surface area contributed by atoms with Crippen molar-refractivity contribution in [1.82, 2.24) is 4.90 Å². The van der Waals surface area contributed by atoms with Gasteiger partial charge in [-0.05, 0) is 53.1 Å². The Balaban J connectivity index is 2.68. The first-order valence-electron chi connectivity index (χ1n) is 6.25. The molecule has 0 radical (unpaired) electrons. The molecule has 0 saturated heterocycles. The van der Waals surface area contributed by atoms with Crippen LogP contribution in [0.3, 0.4) is 0 Å². The van der Waals surface area contributed by atoms with Gasteiger partial charge in [-0.25, -0.2) is 0 Å². The first kappa shape index (κ1) is 15.4. The van der Waals surface area contributed by atoms with Crippen molar-refractivity contribution >= 4 is 38.5 Å². The average molecular weight is 410 g/mol. The quantitative estimate of drug-likeness (QED) is 0.467. The van der Waals surface area contributed by atoms with Crippen LogP contribution in [0.25, 0.3) is 0 Å². The lowest BCUT2D eigenvalue weighted by molar-refractivity contribution is 0.189. The van der Waals surface area contributed by atoms with E-state index in [0.29, 0.717) is 6.04 Å². The molecule has 96 valence electrons. The Kier molecular flexibility index (Phi) is 7.71. The fourth-order valence-electron chi connectivity index (χ4n) is 2.13. The Morgan fingerprint density at radius 3 is 2.24 bits per heavy atom. The summed E-state index contributed by atoms with van der Waals surface area (Å²) in [7, 11) is 0. The van der Waals surface area contributed by atoms with Gasteiger partial charge >= 0.3 is 0 Å². The molecule has 0 bridgehead atoms. The van der Waals surface area contributed by atoms with Crippen LogP contribution < -0.4 is 0 Å². The molecule has 0 amide bonds. The molecule has 17 heavy (non-hydrogen) atoms. The molecule has 0 aromatic heterocycles. The number of rotatable bonds is 7. The highest BCUT2D eigenvalue weighted by atomic mass is 127. The molecule has 0 aliphatic heterocycles. The fraction of sp³-hybridized carbons (Fsp3) is 0.571. The van der Waals surface area contributed by atoms with Crippen LogP contribution in [0, 0.1) is 3.57 Å². The van der Waals surface area contributed by atoms with Crippen LogP contribution in [0.15, 0.2) is 24.3 Å². The number of hydrogen-bond acceptors (Lipinski definition) is 1. The Morgan fingerprint density at radius 2 is 1.76 bits per heavy atom. The third-order valence-corrected chi connectivity index (χ3v) is 4.20. The lowest BCUT2D eigenvalue weighted by Gasteiger charge is -2.30. The molecule has 0 unspecified atom stereocenters. The summed E-state index contributed by atoms with van der Waals surface area (Å²) in [5, 5.41) is 1.05. The second kappa shape index (κ2) is 8.48. The van der Waals surface area contributed by atoms with E-state index in [1.807, 2.05) is 0 Å². The van der Waals surface area contributed by atoms with Gasteiger partial charge in [-0.2, -0.15) is 0 Å². The van der Waals surface area contributed by atoms with E-state index < -0.39 is 0 Å². The van der Waals surface area contributed by atoms with Crippen molar-refractivity contribution in [2.24, 2.45) is 0 Å². The lowest BCUT2D eigenvalue weighted by Crippen LogP contribution is -2.35. The second-order valence-corrected chi connectivity index (χ2v) is 6.29. The molecule has 0 N–H and O–H groups in total. The zero-order chi connectivity index (χ0) is 12.7. The SMILES string of the molecule is CCC(CC)N(CCBr)Cc1ccc(I)cc1. The predicted molar refractivity (Wildman–Crippen MR) is 87.7 cm³/mol. The van der Waals surface area contributed by atoms with Gasteiger partial charge < -0.3 is 0 Å². The van der Waals surface area contributed by atoms with Crippen molar-refractivity contribution in [3.8, 4) is 0 Å². The molecule has 0 spiro atoms. The Hall–Kier alpha value is 0.390. The number of benzene rings is 1. The zero-order valence-corrected chi connectivity index (χ0v) is 14.4. The van der Waals surface area contributed by atoms with Gasteiger partial charge in [0.05, 0.1) is 0 Å². The summed E-state index contributed by atoms with van der Waals surface area (Å²) >= 11 is 5.91. The van der Waals surface area contributed by atoms with Crippen molar-refractivity contribution in [3.05, 3.63) is 33.4 Å². The van der Waals surface area contributed by atoms with Crippen molar-refractivity contribution < 1.29 is 0 Å². The van der Waals surface area contributed by atoms with Crippen molar-refractivity contribution in [1.29, 1.82) is 0 Å². The van der Waals surface area contributed by atoms with Crippen LogP contribution >= 0.6 is 38.5 Å². The van der Waals surface area contributed by atoms with Crippen molar-refractivity contribution in [2.45, 2.75) is 39.3 Å². The molecule has 0 aliphatic rings. The van der Waals surface area contributed by atoms with E-state index in [-0.39, 0.29) is 0 Å². The highest BCUT2D eigenvalue weighted by Gasteiger charge is 2.14. The van der Waals surface area contributed by atoms with E-state index >= 15 is 0 Å². The minimum atomic E-state index is 0.701. The van der Waals surface area contributed by atoms with Crippen molar-refractivity contribution in [2.75, 3.05) is 11.9 Å². The molecule has 0 saturated carbocycles. The summed E-state index contributed by atoms with van der Waals surface area (Å²) in [4.78, 5) is 2.58. The summed E-state index contributed by atoms with van der Waals surface area (Å²) in [6.07, 6.45) is 2.46. The lowest BCUT2D eigenvalue weighted by atomic mass is 10.1. The summed E-state index contributed by atoms with van der Waals surface area (Å²) in [5.74, 6) is 0. The van der Waals surface area contributed by atoms with Crippen LogP contribution in [0.1, 0.15) is 32.3 Å². The summed E-state index contributed by atoms with van der Waals surface area (Å²) < 4.78 is 1.31. The minimum absolute atomic E-state index is 0.701. The van der Waals surface area contributed by atoms with Crippen LogP contribution in [0.2, 0.25) is 0 Å². The molecule has 0 atom stereocenters. The molecule has 1 rings (SSSR count). The van der Waals surface area contributed by atoms with E-state index in [0.717, 1.165) is 18.4 Å². The van der Waals surface area contributed by atoms with E-state index in [2.05, 4.69) is 81.5 Å². The van der Waals surface area contributed by atoms with Gasteiger partial charge in [-0.3, -0.25) is 4.90 Å². The first-order chi connectivity index (χ1) is 8.21. The molecule has 0 fully saturated rings. The zero-order valence-electron chi connectivity index (χ0n) is 10.6. The van der Waals surface area contributed by atoms with Gasteiger partial charge in [-0.1, -0.05) is 41.9 Å². The van der Waals surface area contributed by atoms with E-state index in [4.69, 9.17) is 0 Å². The number of nitrogens with zero attached hydrogens (tertiary/aromatic N) is 1. The largest absolute Gasteiger partial charge is 0.295 e. The Labute approximate surface area is 127 Å². The standard InChI is InChI=1S/C14H21BrIN/c1-3-14(4-2)17(10-9-15)11-12-5-7-13(16)8-6-12/h5-8,14H,3-4,9-11H2,1-2H3. The topological polar surface area (TPSA) is 3.24 Å². The summed E-state index contributed by atoms with van der Waals surface area (Å²) in [6, 6.07) is 9.56. The molecule has 1 nitrogen and oxygen atoms in total. The maximum absolute atomic E-state index is 3.56. The summed E-state index contributed by atoms with van der Waals surface area (Å²) in [6.45, 7) is 6.75. The van der Waals surface area contributed by atoms with Gasteiger partial charge in [0.1, 0.15) is 0 Å². The predicted octanol–water partition coefficient (Wildman–Crippen LogP) is 4.68. The number of halogens is 2. The highest BCUT2D eigenvalue weighted by Crippen LogP contribution is 2.15. The van der Waals surface area contributed by atoms with Gasteiger partial charge in [0.15, 0.2) is 0 Å². The third kappa shape index (κ3) is 5.26. The third-order valence-electron chi connectivity index (χ3n) is 3.13. The van der Waals surface area contributed by atoms with Crippen LogP contribution in [0.4, 0.5) is 0 Å². The van der Waals surface area contributed by atoms with Gasteiger partial charge in [0.25, 0.3) is 0 Å². The molecule has 3 heteroatoms. The van der Waals surface area contributed by atoms with Crippen molar-refractivity contribution in [3.63, 3.8) is 0 Å². The second-order valence-electron chi connectivity index (χ2n) is 4.26. The fourth-order valence-corrected chi connectivity index (χ4v) is 2.94. The molecular weight excluding hydrogens is 389 g/mol. The van der Waals surface area contributed by atoms with Crippen LogP contribution in [0.5, 0.6) is 0 Å². The Bertz CT molecular complexity index is 309. The van der Waals surface area contributed by atoms with Gasteiger partial charge in [0.2, 0.25) is 0 Å². The maximum Gasteiger partial charge on any atom is 0.0237 e. The van der Waals surface area contributed by atoms with Gasteiger partial charge in [-0.15, -0.1) is 0 Å².